The van der Waals surface area contributed by atoms with E-state index < -0.39 is 34.9 Å². The predicted octanol–water partition coefficient (Wildman–Crippen LogP) is 1.89. The first-order valence-corrected chi connectivity index (χ1v) is 7.82. The van der Waals surface area contributed by atoms with E-state index in [0.29, 0.717) is 6.61 Å². The van der Waals surface area contributed by atoms with Crippen LogP contribution < -0.4 is 4.74 Å². The van der Waals surface area contributed by atoms with Gasteiger partial charge in [0.05, 0.1) is 30.8 Å². The molecule has 130 valence electrons. The maximum Gasteiger partial charge on any atom is 0.173 e. The van der Waals surface area contributed by atoms with Crippen LogP contribution in [0.25, 0.3) is 0 Å². The minimum Gasteiger partial charge on any atom is -0.507 e. The van der Waals surface area contributed by atoms with Crippen LogP contribution in [0.1, 0.15) is 41.0 Å². The van der Waals surface area contributed by atoms with E-state index in [0.717, 1.165) is 6.07 Å². The summed E-state index contributed by atoms with van der Waals surface area (Å²) in [5, 5.41) is 20.4. The van der Waals surface area contributed by atoms with Gasteiger partial charge in [0, 0.05) is 25.0 Å². The van der Waals surface area contributed by atoms with Crippen LogP contribution in [0.15, 0.2) is 6.07 Å². The highest BCUT2D eigenvalue weighted by Crippen LogP contribution is 2.48. The fourth-order valence-corrected chi connectivity index (χ4v) is 3.57. The molecule has 2 N–H and O–H groups in total. The minimum atomic E-state index is -0.958. The van der Waals surface area contributed by atoms with Crippen LogP contribution in [-0.4, -0.2) is 47.9 Å². The third kappa shape index (κ3) is 2.35. The van der Waals surface area contributed by atoms with Gasteiger partial charge in [-0.05, 0) is 13.8 Å². The number of carbonyl (C=O) groups is 2. The molecule has 0 amide bonds. The minimum absolute atomic E-state index is 0.0252. The summed E-state index contributed by atoms with van der Waals surface area (Å²) in [6.07, 6.45) is 0.201. The highest BCUT2D eigenvalue weighted by molar-refractivity contribution is 6.19. The van der Waals surface area contributed by atoms with Crippen LogP contribution in [0, 0.1) is 11.8 Å². The molecule has 1 aliphatic heterocycles. The van der Waals surface area contributed by atoms with E-state index in [-0.39, 0.29) is 35.7 Å². The van der Waals surface area contributed by atoms with Gasteiger partial charge >= 0.3 is 0 Å². The number of phenols is 2. The summed E-state index contributed by atoms with van der Waals surface area (Å²) in [6.45, 7) is 3.98. The largest absolute Gasteiger partial charge is 0.507 e. The molecule has 3 unspecified atom stereocenters. The molecule has 2 aliphatic rings. The summed E-state index contributed by atoms with van der Waals surface area (Å²) in [5.74, 6) is -4.00. The Morgan fingerprint density at radius 3 is 2.54 bits per heavy atom. The van der Waals surface area contributed by atoms with Gasteiger partial charge < -0.3 is 24.4 Å². The summed E-state index contributed by atoms with van der Waals surface area (Å²) in [5.41, 5.74) is -0.345. The Morgan fingerprint density at radius 1 is 1.25 bits per heavy atom. The third-order valence-corrected chi connectivity index (χ3v) is 4.72. The lowest BCUT2D eigenvalue weighted by atomic mass is 9.70. The number of fused-ring (bicyclic) bond motifs is 2. The van der Waals surface area contributed by atoms with Crippen molar-refractivity contribution in [3.8, 4) is 17.2 Å². The fraction of sp³-hybridized carbons (Fsp3) is 0.529. The number of phenolic OH excluding ortho intramolecular Hbond substituents is 2. The van der Waals surface area contributed by atoms with E-state index in [1.807, 2.05) is 6.92 Å². The van der Waals surface area contributed by atoms with Gasteiger partial charge in [-0.3, -0.25) is 9.59 Å². The summed E-state index contributed by atoms with van der Waals surface area (Å²) in [7, 11) is 1.30. The number of aromatic hydroxyl groups is 2. The topological polar surface area (TPSA) is 102 Å². The Bertz CT molecular complexity index is 711. The number of Topliss-reactive ketones (excluding diaryl/α,β-unsaturated/α-hetero) is 2. The summed E-state index contributed by atoms with van der Waals surface area (Å²) in [4.78, 5) is 25.7. The molecule has 1 heterocycles. The molecule has 1 fully saturated rings. The fourth-order valence-electron chi connectivity index (χ4n) is 3.57. The normalized spacial score (nSPS) is 29.1. The zero-order valence-electron chi connectivity index (χ0n) is 13.8. The first-order chi connectivity index (χ1) is 11.3. The van der Waals surface area contributed by atoms with E-state index in [4.69, 9.17) is 14.2 Å². The van der Waals surface area contributed by atoms with Gasteiger partial charge in [-0.1, -0.05) is 0 Å². The molecule has 0 bridgehead atoms. The molecule has 0 radical (unpaired) electrons. The molecule has 1 saturated heterocycles. The first kappa shape index (κ1) is 16.7. The molecule has 1 aliphatic carbocycles. The second kappa shape index (κ2) is 5.75. The van der Waals surface area contributed by atoms with Crippen LogP contribution in [-0.2, 0) is 9.47 Å². The number of carbonyl (C=O) groups excluding carboxylic acids is 2. The zero-order chi connectivity index (χ0) is 17.6. The Morgan fingerprint density at radius 2 is 1.92 bits per heavy atom. The van der Waals surface area contributed by atoms with Crippen LogP contribution >= 0.6 is 0 Å². The number of hydrogen-bond donors (Lipinski definition) is 2. The van der Waals surface area contributed by atoms with Crippen molar-refractivity contribution in [3.05, 3.63) is 17.2 Å². The Kier molecular flexibility index (Phi) is 4.01. The molecule has 0 saturated carbocycles. The lowest BCUT2D eigenvalue weighted by Gasteiger charge is -2.43. The van der Waals surface area contributed by atoms with Crippen molar-refractivity contribution in [1.82, 2.24) is 0 Å². The van der Waals surface area contributed by atoms with Crippen molar-refractivity contribution in [3.63, 3.8) is 0 Å². The molecule has 3 rings (SSSR count). The van der Waals surface area contributed by atoms with E-state index in [1.54, 1.807) is 6.92 Å². The monoisotopic (exact) mass is 336 g/mol. The third-order valence-electron chi connectivity index (χ3n) is 4.72. The maximum atomic E-state index is 12.9. The van der Waals surface area contributed by atoms with Crippen LogP contribution in [0.4, 0.5) is 0 Å². The van der Waals surface area contributed by atoms with E-state index in [1.165, 1.54) is 7.11 Å². The van der Waals surface area contributed by atoms with Gasteiger partial charge in [-0.2, -0.15) is 0 Å². The van der Waals surface area contributed by atoms with Crippen molar-refractivity contribution in [2.75, 3.05) is 20.3 Å². The zero-order valence-corrected chi connectivity index (χ0v) is 13.8. The molecule has 0 aromatic heterocycles. The maximum absolute atomic E-state index is 12.9. The summed E-state index contributed by atoms with van der Waals surface area (Å²) in [6, 6.07) is 1.13. The number of ether oxygens (including phenoxy) is 3. The SMILES string of the molecule is CCOC1(C)CC2C(=O)c3c(O)c(OC)cc(O)c3C(=O)C2CO1. The number of benzene rings is 1. The van der Waals surface area contributed by atoms with Gasteiger partial charge in [-0.25, -0.2) is 0 Å². The number of rotatable bonds is 3. The summed E-state index contributed by atoms with van der Waals surface area (Å²) < 4.78 is 16.2. The highest BCUT2D eigenvalue weighted by Gasteiger charge is 2.51. The van der Waals surface area contributed by atoms with E-state index >= 15 is 0 Å². The lowest BCUT2D eigenvalue weighted by molar-refractivity contribution is -0.255. The molecule has 1 aromatic rings. The second-order valence-corrected chi connectivity index (χ2v) is 6.22. The standard InChI is InChI=1S/C17H20O7/c1-4-23-17(2)6-8-9(7-24-17)15(20)12-10(18)5-11(22-3)16(21)13(12)14(8)19/h5,8-9,18,21H,4,6-7H2,1-3H3. The number of ketones is 2. The molecule has 7 nitrogen and oxygen atoms in total. The number of methoxy groups -OCH3 is 1. The lowest BCUT2D eigenvalue weighted by Crippen LogP contribution is -2.51. The van der Waals surface area contributed by atoms with E-state index in [2.05, 4.69) is 0 Å². The van der Waals surface area contributed by atoms with Crippen LogP contribution in [0.5, 0.6) is 17.2 Å². The molecule has 0 spiro atoms. The molecule has 1 aromatic carbocycles. The van der Waals surface area contributed by atoms with Crippen molar-refractivity contribution in [2.45, 2.75) is 26.1 Å². The van der Waals surface area contributed by atoms with Gasteiger partial charge in [0.1, 0.15) is 5.75 Å². The Balaban J connectivity index is 2.10. The van der Waals surface area contributed by atoms with Crippen molar-refractivity contribution in [2.24, 2.45) is 11.8 Å². The Labute approximate surface area is 139 Å². The molecule has 7 heteroatoms. The van der Waals surface area contributed by atoms with Gasteiger partial charge in [0.25, 0.3) is 0 Å². The van der Waals surface area contributed by atoms with Gasteiger partial charge in [0.2, 0.25) is 0 Å². The van der Waals surface area contributed by atoms with Gasteiger partial charge in [0.15, 0.2) is 28.9 Å². The molecule has 3 atom stereocenters. The smallest absolute Gasteiger partial charge is 0.173 e. The quantitative estimate of drug-likeness (QED) is 0.813. The number of hydrogen-bond acceptors (Lipinski definition) is 7. The second-order valence-electron chi connectivity index (χ2n) is 6.22. The predicted molar refractivity (Wildman–Crippen MR) is 82.6 cm³/mol. The van der Waals surface area contributed by atoms with E-state index in [9.17, 15) is 19.8 Å². The van der Waals surface area contributed by atoms with Crippen molar-refractivity contribution in [1.29, 1.82) is 0 Å². The van der Waals surface area contributed by atoms with Crippen molar-refractivity contribution >= 4 is 11.6 Å². The highest BCUT2D eigenvalue weighted by atomic mass is 16.7. The van der Waals surface area contributed by atoms with Crippen molar-refractivity contribution < 1.29 is 34.0 Å². The average molecular weight is 336 g/mol. The molecular weight excluding hydrogens is 316 g/mol. The molecule has 24 heavy (non-hydrogen) atoms. The van der Waals surface area contributed by atoms with Crippen LogP contribution in [0.3, 0.4) is 0 Å². The summed E-state index contributed by atoms with van der Waals surface area (Å²) >= 11 is 0. The Hall–Kier alpha value is -2.12. The van der Waals surface area contributed by atoms with Crippen LogP contribution in [0.2, 0.25) is 0 Å². The first-order valence-electron chi connectivity index (χ1n) is 7.82. The van der Waals surface area contributed by atoms with Gasteiger partial charge in [-0.15, -0.1) is 0 Å². The average Bonchev–Trinajstić information content (AvgIpc) is 2.54. The molecular formula is C17H20O7.